The number of hydrogen-bond donors (Lipinski definition) is 1. The van der Waals surface area contributed by atoms with E-state index >= 15 is 0 Å². The summed E-state index contributed by atoms with van der Waals surface area (Å²) >= 11 is 0. The second kappa shape index (κ2) is 4.21. The molecule has 4 bridgehead atoms. The highest BCUT2D eigenvalue weighted by Gasteiger charge is 2.62. The van der Waals surface area contributed by atoms with Crippen LogP contribution in [0.1, 0.15) is 66.2 Å². The molecule has 0 spiro atoms. The Hall–Kier alpha value is -0.0800. The van der Waals surface area contributed by atoms with Crippen molar-refractivity contribution in [2.45, 2.75) is 77.3 Å². The molecule has 0 radical (unpaired) electrons. The third kappa shape index (κ3) is 1.90. The van der Waals surface area contributed by atoms with E-state index in [0.29, 0.717) is 11.0 Å². The lowest BCUT2D eigenvalue weighted by Crippen LogP contribution is -2.68. The summed E-state index contributed by atoms with van der Waals surface area (Å²) < 4.78 is 0. The van der Waals surface area contributed by atoms with Gasteiger partial charge in [0.2, 0.25) is 0 Å². The summed E-state index contributed by atoms with van der Waals surface area (Å²) in [6.45, 7) is 11.7. The predicted octanol–water partition coefficient (Wildman–Crippen LogP) is 3.40. The summed E-state index contributed by atoms with van der Waals surface area (Å²) in [5.41, 5.74) is 7.55. The maximum absolute atomic E-state index is 6.66. The molecular formula is C17H32N2. The summed E-state index contributed by atoms with van der Waals surface area (Å²) in [5, 5.41) is 0. The van der Waals surface area contributed by atoms with E-state index in [1.54, 1.807) is 0 Å². The Morgan fingerprint density at radius 2 is 1.58 bits per heavy atom. The van der Waals surface area contributed by atoms with E-state index in [1.165, 1.54) is 51.6 Å². The SMILES string of the molecule is CCN(CC)C12CC3CC(C1)CC(C(C)(C)N)(C3)C2. The van der Waals surface area contributed by atoms with Gasteiger partial charge in [0.15, 0.2) is 0 Å². The molecule has 4 saturated carbocycles. The van der Waals surface area contributed by atoms with E-state index < -0.39 is 0 Å². The Kier molecular flexibility index (Phi) is 3.07. The fourth-order valence-electron chi connectivity index (χ4n) is 6.23. The van der Waals surface area contributed by atoms with Crippen LogP contribution in [0.4, 0.5) is 0 Å². The van der Waals surface area contributed by atoms with Crippen LogP contribution in [0, 0.1) is 17.3 Å². The van der Waals surface area contributed by atoms with Crippen LogP contribution in [0.15, 0.2) is 0 Å². The van der Waals surface area contributed by atoms with Crippen LogP contribution >= 0.6 is 0 Å². The van der Waals surface area contributed by atoms with Gasteiger partial charge in [-0.25, -0.2) is 0 Å². The van der Waals surface area contributed by atoms with E-state index in [4.69, 9.17) is 5.73 Å². The van der Waals surface area contributed by atoms with Crippen LogP contribution in [0.3, 0.4) is 0 Å². The maximum atomic E-state index is 6.66. The van der Waals surface area contributed by atoms with Gasteiger partial charge in [0.1, 0.15) is 0 Å². The molecule has 4 aliphatic rings. The molecule has 0 aliphatic heterocycles. The molecule has 4 aliphatic carbocycles. The molecule has 0 heterocycles. The molecular weight excluding hydrogens is 232 g/mol. The van der Waals surface area contributed by atoms with Gasteiger partial charge >= 0.3 is 0 Å². The van der Waals surface area contributed by atoms with Gasteiger partial charge in [-0.2, -0.15) is 0 Å². The molecule has 4 rings (SSSR count). The Labute approximate surface area is 119 Å². The van der Waals surface area contributed by atoms with Crippen molar-refractivity contribution in [3.8, 4) is 0 Å². The fraction of sp³-hybridized carbons (Fsp3) is 1.00. The lowest BCUT2D eigenvalue weighted by atomic mass is 9.42. The van der Waals surface area contributed by atoms with Crippen molar-refractivity contribution in [3.63, 3.8) is 0 Å². The second-order valence-corrected chi connectivity index (χ2v) is 8.36. The molecule has 2 heteroatoms. The zero-order valence-corrected chi connectivity index (χ0v) is 13.3. The van der Waals surface area contributed by atoms with E-state index in [9.17, 15) is 0 Å². The third-order valence-electron chi connectivity index (χ3n) is 6.83. The van der Waals surface area contributed by atoms with Crippen molar-refractivity contribution in [3.05, 3.63) is 0 Å². The van der Waals surface area contributed by atoms with Crippen LogP contribution in [-0.2, 0) is 0 Å². The summed E-state index contributed by atoms with van der Waals surface area (Å²) in [6, 6.07) is 0. The minimum absolute atomic E-state index is 0.0108. The Morgan fingerprint density at radius 3 is 2.00 bits per heavy atom. The first-order valence-corrected chi connectivity index (χ1v) is 8.38. The van der Waals surface area contributed by atoms with Crippen LogP contribution < -0.4 is 5.73 Å². The lowest BCUT2D eigenvalue weighted by Gasteiger charge is -2.68. The second-order valence-electron chi connectivity index (χ2n) is 8.36. The zero-order valence-electron chi connectivity index (χ0n) is 13.3. The average Bonchev–Trinajstić information content (AvgIpc) is 2.26. The zero-order chi connectivity index (χ0) is 13.9. The van der Waals surface area contributed by atoms with Gasteiger partial charge in [-0.05, 0) is 82.7 Å². The normalized spacial score (nSPS) is 45.2. The first kappa shape index (κ1) is 13.9. The Bertz CT molecular complexity index is 337. The number of nitrogens with two attached hydrogens (primary N) is 1. The van der Waals surface area contributed by atoms with Crippen molar-refractivity contribution in [1.29, 1.82) is 0 Å². The number of hydrogen-bond acceptors (Lipinski definition) is 2. The number of nitrogens with zero attached hydrogens (tertiary/aromatic N) is 1. The van der Waals surface area contributed by atoms with Gasteiger partial charge < -0.3 is 5.73 Å². The lowest BCUT2D eigenvalue weighted by molar-refractivity contribution is -0.152. The monoisotopic (exact) mass is 264 g/mol. The molecule has 0 aromatic heterocycles. The molecule has 4 fully saturated rings. The van der Waals surface area contributed by atoms with E-state index in [2.05, 4.69) is 32.6 Å². The van der Waals surface area contributed by atoms with Crippen LogP contribution in [0.25, 0.3) is 0 Å². The van der Waals surface area contributed by atoms with Gasteiger partial charge in [-0.1, -0.05) is 13.8 Å². The van der Waals surface area contributed by atoms with E-state index in [-0.39, 0.29) is 5.54 Å². The molecule has 0 aromatic rings. The minimum Gasteiger partial charge on any atom is -0.325 e. The predicted molar refractivity (Wildman–Crippen MR) is 81.0 cm³/mol. The van der Waals surface area contributed by atoms with Crippen molar-refractivity contribution in [2.75, 3.05) is 13.1 Å². The first-order chi connectivity index (χ1) is 8.84. The molecule has 19 heavy (non-hydrogen) atoms. The minimum atomic E-state index is -0.0108. The van der Waals surface area contributed by atoms with Crippen molar-refractivity contribution >= 4 is 0 Å². The van der Waals surface area contributed by atoms with Crippen molar-refractivity contribution in [1.82, 2.24) is 4.90 Å². The Balaban J connectivity index is 1.97. The maximum Gasteiger partial charge on any atom is 0.0220 e. The molecule has 2 unspecified atom stereocenters. The molecule has 0 amide bonds. The standard InChI is InChI=1S/C17H32N2/c1-5-19(6-2)17-10-13-7-14(11-17)9-16(8-13,12-17)15(3,4)18/h13-14H,5-12,18H2,1-4H3. The van der Waals surface area contributed by atoms with Gasteiger partial charge in [0.05, 0.1) is 0 Å². The topological polar surface area (TPSA) is 29.3 Å². The van der Waals surface area contributed by atoms with Crippen LogP contribution in [-0.4, -0.2) is 29.1 Å². The highest BCUT2D eigenvalue weighted by atomic mass is 15.2. The first-order valence-electron chi connectivity index (χ1n) is 8.38. The largest absolute Gasteiger partial charge is 0.325 e. The smallest absolute Gasteiger partial charge is 0.0220 e. The number of rotatable bonds is 4. The molecule has 2 nitrogen and oxygen atoms in total. The average molecular weight is 264 g/mol. The molecule has 110 valence electrons. The molecule has 0 saturated heterocycles. The summed E-state index contributed by atoms with van der Waals surface area (Å²) in [7, 11) is 0. The fourth-order valence-corrected chi connectivity index (χ4v) is 6.23. The quantitative estimate of drug-likeness (QED) is 0.843. The van der Waals surface area contributed by atoms with Gasteiger partial charge in [-0.15, -0.1) is 0 Å². The molecule has 2 N–H and O–H groups in total. The van der Waals surface area contributed by atoms with Gasteiger partial charge in [0.25, 0.3) is 0 Å². The Morgan fingerprint density at radius 1 is 1.05 bits per heavy atom. The van der Waals surface area contributed by atoms with E-state index in [1.807, 2.05) is 0 Å². The van der Waals surface area contributed by atoms with Crippen molar-refractivity contribution < 1.29 is 0 Å². The summed E-state index contributed by atoms with van der Waals surface area (Å²) in [6.07, 6.45) is 8.54. The summed E-state index contributed by atoms with van der Waals surface area (Å²) in [4.78, 5) is 2.77. The van der Waals surface area contributed by atoms with Crippen molar-refractivity contribution in [2.24, 2.45) is 23.0 Å². The third-order valence-corrected chi connectivity index (χ3v) is 6.83. The van der Waals surface area contributed by atoms with Crippen LogP contribution in [0.5, 0.6) is 0 Å². The van der Waals surface area contributed by atoms with Gasteiger partial charge in [-0.3, -0.25) is 4.90 Å². The van der Waals surface area contributed by atoms with E-state index in [0.717, 1.165) is 11.8 Å². The molecule has 2 atom stereocenters. The molecule has 0 aromatic carbocycles. The summed E-state index contributed by atoms with van der Waals surface area (Å²) in [5.74, 6) is 1.90. The highest BCUT2D eigenvalue weighted by Crippen LogP contribution is 2.65. The van der Waals surface area contributed by atoms with Gasteiger partial charge in [0, 0.05) is 11.1 Å². The highest BCUT2D eigenvalue weighted by molar-refractivity contribution is 5.16. The van der Waals surface area contributed by atoms with Crippen LogP contribution in [0.2, 0.25) is 0 Å².